The van der Waals surface area contributed by atoms with Gasteiger partial charge in [-0.2, -0.15) is 0 Å². The van der Waals surface area contributed by atoms with Gasteiger partial charge < -0.3 is 9.84 Å². The first-order chi connectivity index (χ1) is 9.09. The second-order valence-corrected chi connectivity index (χ2v) is 5.03. The molecule has 1 unspecified atom stereocenters. The van der Waals surface area contributed by atoms with E-state index in [0.717, 1.165) is 30.6 Å². The molecule has 0 bridgehead atoms. The van der Waals surface area contributed by atoms with E-state index in [2.05, 4.69) is 18.8 Å². The molecule has 0 amide bonds. The number of rotatable bonds is 6. The minimum absolute atomic E-state index is 0.717. The molecule has 0 saturated heterocycles. The lowest BCUT2D eigenvalue weighted by atomic mass is 9.98. The molecule has 0 aliphatic heterocycles. The normalized spacial score (nSPS) is 13.3. The van der Waals surface area contributed by atoms with Crippen LogP contribution >= 0.6 is 0 Å². The topological polar surface area (TPSA) is 29.5 Å². The summed E-state index contributed by atoms with van der Waals surface area (Å²) in [5.74, 6) is 6.72. The van der Waals surface area contributed by atoms with E-state index in [0.29, 0.717) is 0 Å². The summed E-state index contributed by atoms with van der Waals surface area (Å²) in [5, 5.41) is 10.2. The smallest absolute Gasteiger partial charge is 0.134 e. The van der Waals surface area contributed by atoms with Gasteiger partial charge >= 0.3 is 0 Å². The largest absolute Gasteiger partial charge is 0.495 e. The Morgan fingerprint density at radius 2 is 1.95 bits per heavy atom. The number of para-hydroxylation sites is 1. The third-order valence-corrected chi connectivity index (χ3v) is 3.09. The number of hydrogen-bond donors (Lipinski definition) is 1. The average Bonchev–Trinajstić information content (AvgIpc) is 2.42. The molecule has 1 N–H and O–H groups in total. The van der Waals surface area contributed by atoms with Gasteiger partial charge in [0.15, 0.2) is 0 Å². The van der Waals surface area contributed by atoms with Crippen LogP contribution in [0.3, 0.4) is 0 Å². The average molecular weight is 260 g/mol. The van der Waals surface area contributed by atoms with E-state index in [4.69, 9.17) is 4.74 Å². The van der Waals surface area contributed by atoms with E-state index in [-0.39, 0.29) is 0 Å². The van der Waals surface area contributed by atoms with Crippen molar-refractivity contribution in [1.82, 2.24) is 0 Å². The first-order valence-corrected chi connectivity index (χ1v) is 6.97. The van der Waals surface area contributed by atoms with E-state index in [1.165, 1.54) is 12.8 Å². The van der Waals surface area contributed by atoms with E-state index in [1.54, 1.807) is 14.0 Å². The molecule has 2 nitrogen and oxygen atoms in total. The molecule has 0 fully saturated rings. The molecule has 1 aromatic carbocycles. The third kappa shape index (κ3) is 5.81. The minimum Gasteiger partial charge on any atom is -0.495 e. The molecule has 0 aliphatic carbocycles. The fourth-order valence-corrected chi connectivity index (χ4v) is 1.91. The van der Waals surface area contributed by atoms with Crippen LogP contribution in [0.15, 0.2) is 24.3 Å². The van der Waals surface area contributed by atoms with Crippen molar-refractivity contribution in [3.8, 4) is 17.6 Å². The Kier molecular flexibility index (Phi) is 6.45. The molecule has 0 aromatic heterocycles. The summed E-state index contributed by atoms with van der Waals surface area (Å²) >= 11 is 0. The lowest BCUT2D eigenvalue weighted by Crippen LogP contribution is -2.21. The maximum atomic E-state index is 10.2. The molecule has 0 radical (unpaired) electrons. The number of ether oxygens (including phenoxy) is 1. The molecular formula is C17H24O2. The summed E-state index contributed by atoms with van der Waals surface area (Å²) in [7, 11) is 1.63. The molecule has 2 heteroatoms. The van der Waals surface area contributed by atoms with Crippen molar-refractivity contribution in [2.24, 2.45) is 0 Å². The highest BCUT2D eigenvalue weighted by Crippen LogP contribution is 2.18. The lowest BCUT2D eigenvalue weighted by molar-refractivity contribution is 0.109. The molecule has 0 aliphatic rings. The van der Waals surface area contributed by atoms with E-state index >= 15 is 0 Å². The van der Waals surface area contributed by atoms with Crippen LogP contribution in [0.2, 0.25) is 0 Å². The van der Waals surface area contributed by atoms with Crippen LogP contribution in [0.25, 0.3) is 0 Å². The third-order valence-electron chi connectivity index (χ3n) is 3.09. The maximum Gasteiger partial charge on any atom is 0.134 e. The van der Waals surface area contributed by atoms with Crippen LogP contribution in [0.1, 0.15) is 51.5 Å². The van der Waals surface area contributed by atoms with Crippen molar-refractivity contribution in [3.05, 3.63) is 29.8 Å². The quantitative estimate of drug-likeness (QED) is 0.623. The molecular weight excluding hydrogens is 236 g/mol. The first kappa shape index (κ1) is 15.6. The van der Waals surface area contributed by atoms with Crippen LogP contribution in [-0.4, -0.2) is 17.8 Å². The maximum absolute atomic E-state index is 10.2. The number of hydrogen-bond acceptors (Lipinski definition) is 2. The predicted octanol–water partition coefficient (Wildman–Crippen LogP) is 3.77. The van der Waals surface area contributed by atoms with Gasteiger partial charge in [-0.25, -0.2) is 0 Å². The Balaban J connectivity index is 2.64. The van der Waals surface area contributed by atoms with Gasteiger partial charge in [-0.15, -0.1) is 0 Å². The fourth-order valence-electron chi connectivity index (χ4n) is 1.91. The molecule has 0 spiro atoms. The standard InChI is InChI=1S/C17H24O2/c1-4-5-6-9-13-17(2,18)14-12-15-10-7-8-11-16(15)19-3/h7-8,10-11,18H,4-6,9,13H2,1-3H3. The van der Waals surface area contributed by atoms with Gasteiger partial charge in [0.1, 0.15) is 11.4 Å². The van der Waals surface area contributed by atoms with Crippen molar-refractivity contribution in [3.63, 3.8) is 0 Å². The fraction of sp³-hybridized carbons (Fsp3) is 0.529. The van der Waals surface area contributed by atoms with Crippen molar-refractivity contribution < 1.29 is 9.84 Å². The molecule has 1 atom stereocenters. The summed E-state index contributed by atoms with van der Waals surface area (Å²) in [4.78, 5) is 0. The van der Waals surface area contributed by atoms with Crippen molar-refractivity contribution in [2.75, 3.05) is 7.11 Å². The number of benzene rings is 1. The summed E-state index contributed by atoms with van der Waals surface area (Å²) in [6.07, 6.45) is 5.31. The molecule has 19 heavy (non-hydrogen) atoms. The lowest BCUT2D eigenvalue weighted by Gasteiger charge is -2.15. The summed E-state index contributed by atoms with van der Waals surface area (Å²) < 4.78 is 5.24. The van der Waals surface area contributed by atoms with Crippen LogP contribution in [0, 0.1) is 11.8 Å². The van der Waals surface area contributed by atoms with Crippen LogP contribution in [-0.2, 0) is 0 Å². The van der Waals surface area contributed by atoms with Crippen LogP contribution in [0.4, 0.5) is 0 Å². The van der Waals surface area contributed by atoms with E-state index in [1.807, 2.05) is 24.3 Å². The van der Waals surface area contributed by atoms with Gasteiger partial charge in [0.25, 0.3) is 0 Å². The predicted molar refractivity (Wildman–Crippen MR) is 79.3 cm³/mol. The first-order valence-electron chi connectivity index (χ1n) is 6.97. The zero-order valence-corrected chi connectivity index (χ0v) is 12.2. The Morgan fingerprint density at radius 1 is 1.21 bits per heavy atom. The van der Waals surface area contributed by atoms with Gasteiger partial charge in [-0.1, -0.05) is 50.2 Å². The van der Waals surface area contributed by atoms with Crippen LogP contribution < -0.4 is 4.74 Å². The van der Waals surface area contributed by atoms with Gasteiger partial charge in [0.05, 0.1) is 12.7 Å². The van der Waals surface area contributed by atoms with Gasteiger partial charge in [-0.3, -0.25) is 0 Å². The van der Waals surface area contributed by atoms with Crippen molar-refractivity contribution in [1.29, 1.82) is 0 Å². The number of methoxy groups -OCH3 is 1. The summed E-state index contributed by atoms with van der Waals surface area (Å²) in [5.41, 5.74) is -0.104. The Morgan fingerprint density at radius 3 is 2.63 bits per heavy atom. The highest BCUT2D eigenvalue weighted by atomic mass is 16.5. The molecule has 1 aromatic rings. The monoisotopic (exact) mass is 260 g/mol. The second-order valence-electron chi connectivity index (χ2n) is 5.03. The Bertz CT molecular complexity index is 438. The van der Waals surface area contributed by atoms with E-state index < -0.39 is 5.60 Å². The summed E-state index contributed by atoms with van der Waals surface area (Å²) in [6, 6.07) is 7.61. The van der Waals surface area contributed by atoms with Crippen molar-refractivity contribution >= 4 is 0 Å². The zero-order valence-electron chi connectivity index (χ0n) is 12.2. The Hall–Kier alpha value is -1.46. The summed E-state index contributed by atoms with van der Waals surface area (Å²) in [6.45, 7) is 3.96. The second kappa shape index (κ2) is 7.86. The number of aliphatic hydroxyl groups is 1. The molecule has 0 heterocycles. The Labute approximate surface area is 116 Å². The molecule has 104 valence electrons. The van der Waals surface area contributed by atoms with E-state index in [9.17, 15) is 5.11 Å². The van der Waals surface area contributed by atoms with Gasteiger partial charge in [0.2, 0.25) is 0 Å². The van der Waals surface area contributed by atoms with Gasteiger partial charge in [0, 0.05) is 0 Å². The van der Waals surface area contributed by atoms with Crippen LogP contribution in [0.5, 0.6) is 5.75 Å². The highest BCUT2D eigenvalue weighted by molar-refractivity contribution is 5.46. The van der Waals surface area contributed by atoms with Gasteiger partial charge in [-0.05, 0) is 31.9 Å². The zero-order chi connectivity index (χ0) is 14.1. The number of unbranched alkanes of at least 4 members (excludes halogenated alkanes) is 3. The highest BCUT2D eigenvalue weighted by Gasteiger charge is 2.15. The van der Waals surface area contributed by atoms with Crippen molar-refractivity contribution in [2.45, 2.75) is 51.6 Å². The molecule has 1 rings (SSSR count). The minimum atomic E-state index is -0.922. The SMILES string of the molecule is CCCCCCC(C)(O)C#Cc1ccccc1OC. The molecule has 0 saturated carbocycles.